The fraction of sp³-hybridized carbons (Fsp3) is 0.417. The lowest BCUT2D eigenvalue weighted by molar-refractivity contribution is -0.138. The number of carboxylic acid groups (broad SMARTS) is 1. The summed E-state index contributed by atoms with van der Waals surface area (Å²) in [5.74, 6) is -0.818. The van der Waals surface area contributed by atoms with E-state index in [9.17, 15) is 4.79 Å². The van der Waals surface area contributed by atoms with Gasteiger partial charge in [0.25, 0.3) is 0 Å². The van der Waals surface area contributed by atoms with Crippen molar-refractivity contribution in [1.29, 1.82) is 0 Å². The average molecular weight is 321 g/mol. The van der Waals surface area contributed by atoms with Crippen LogP contribution in [0.2, 0.25) is 5.02 Å². The molecule has 0 aromatic heterocycles. The van der Waals surface area contributed by atoms with Crippen LogP contribution in [0.15, 0.2) is 22.7 Å². The van der Waals surface area contributed by atoms with Crippen LogP contribution in [-0.2, 0) is 11.3 Å². The molecule has 0 aliphatic rings. The van der Waals surface area contributed by atoms with E-state index in [-0.39, 0.29) is 12.6 Å². The molecule has 94 valence electrons. The minimum atomic E-state index is -0.818. The second-order valence-electron chi connectivity index (χ2n) is 4.14. The van der Waals surface area contributed by atoms with Crippen LogP contribution in [-0.4, -0.2) is 28.6 Å². The third-order valence-electron chi connectivity index (χ3n) is 2.44. The quantitative estimate of drug-likeness (QED) is 0.904. The van der Waals surface area contributed by atoms with Crippen LogP contribution in [0.25, 0.3) is 0 Å². The van der Waals surface area contributed by atoms with Gasteiger partial charge in [0, 0.05) is 17.1 Å². The minimum absolute atomic E-state index is 0.0331. The maximum Gasteiger partial charge on any atom is 0.317 e. The maximum atomic E-state index is 10.8. The van der Waals surface area contributed by atoms with E-state index >= 15 is 0 Å². The molecule has 0 spiro atoms. The monoisotopic (exact) mass is 319 g/mol. The number of benzene rings is 1. The molecule has 17 heavy (non-hydrogen) atoms. The summed E-state index contributed by atoms with van der Waals surface area (Å²) >= 11 is 9.33. The van der Waals surface area contributed by atoms with E-state index in [0.717, 1.165) is 10.0 Å². The summed E-state index contributed by atoms with van der Waals surface area (Å²) in [5.41, 5.74) is 1.01. The predicted octanol–water partition coefficient (Wildman–Crippen LogP) is 3.40. The van der Waals surface area contributed by atoms with Gasteiger partial charge in [-0.05, 0) is 47.5 Å². The highest BCUT2D eigenvalue weighted by Crippen LogP contribution is 2.24. The van der Waals surface area contributed by atoms with Crippen LogP contribution in [0.4, 0.5) is 0 Å². The Labute approximate surface area is 115 Å². The molecule has 0 saturated carbocycles. The highest BCUT2D eigenvalue weighted by Gasteiger charge is 2.14. The van der Waals surface area contributed by atoms with Crippen molar-refractivity contribution in [1.82, 2.24) is 4.90 Å². The van der Waals surface area contributed by atoms with Gasteiger partial charge in [0.05, 0.1) is 11.6 Å². The first-order valence-corrected chi connectivity index (χ1v) is 6.47. The smallest absolute Gasteiger partial charge is 0.317 e. The molecule has 3 nitrogen and oxygen atoms in total. The number of nitrogens with zero attached hydrogens (tertiary/aromatic N) is 1. The fourth-order valence-corrected chi connectivity index (χ4v) is 1.92. The predicted molar refractivity (Wildman–Crippen MR) is 72.3 cm³/mol. The number of halogens is 2. The van der Waals surface area contributed by atoms with Crippen molar-refractivity contribution in [2.75, 3.05) is 6.54 Å². The lowest BCUT2D eigenvalue weighted by Crippen LogP contribution is -2.35. The molecule has 1 aromatic rings. The van der Waals surface area contributed by atoms with Crippen molar-refractivity contribution in [3.8, 4) is 0 Å². The third kappa shape index (κ3) is 4.66. The van der Waals surface area contributed by atoms with Gasteiger partial charge >= 0.3 is 5.97 Å². The van der Waals surface area contributed by atoms with E-state index in [4.69, 9.17) is 16.7 Å². The highest BCUT2D eigenvalue weighted by atomic mass is 79.9. The Morgan fingerprint density at radius 3 is 2.65 bits per heavy atom. The summed E-state index contributed by atoms with van der Waals surface area (Å²) in [6.07, 6.45) is 0. The summed E-state index contributed by atoms with van der Waals surface area (Å²) < 4.78 is 0.845. The van der Waals surface area contributed by atoms with Gasteiger partial charge in [0.1, 0.15) is 0 Å². The van der Waals surface area contributed by atoms with Crippen LogP contribution in [0.1, 0.15) is 19.4 Å². The molecule has 0 heterocycles. The molecule has 0 fully saturated rings. The van der Waals surface area contributed by atoms with E-state index in [0.29, 0.717) is 11.6 Å². The van der Waals surface area contributed by atoms with Gasteiger partial charge in [-0.1, -0.05) is 17.7 Å². The van der Waals surface area contributed by atoms with Crippen molar-refractivity contribution in [2.45, 2.75) is 26.4 Å². The van der Waals surface area contributed by atoms with Gasteiger partial charge in [-0.3, -0.25) is 9.69 Å². The first kappa shape index (κ1) is 14.5. The van der Waals surface area contributed by atoms with Gasteiger partial charge < -0.3 is 5.11 Å². The molecule has 1 rings (SSSR count). The van der Waals surface area contributed by atoms with Crippen molar-refractivity contribution >= 4 is 33.5 Å². The molecular formula is C12H15BrClNO2. The summed E-state index contributed by atoms with van der Waals surface area (Å²) in [7, 11) is 0. The Bertz CT molecular complexity index is 409. The Balaban J connectivity index is 2.78. The van der Waals surface area contributed by atoms with Crippen molar-refractivity contribution in [3.63, 3.8) is 0 Å². The number of carbonyl (C=O) groups is 1. The summed E-state index contributed by atoms with van der Waals surface area (Å²) in [5, 5.41) is 9.47. The number of hydrogen-bond donors (Lipinski definition) is 1. The second-order valence-corrected chi connectivity index (χ2v) is 5.40. The van der Waals surface area contributed by atoms with Crippen molar-refractivity contribution in [3.05, 3.63) is 33.3 Å². The highest BCUT2D eigenvalue weighted by molar-refractivity contribution is 9.10. The van der Waals surface area contributed by atoms with E-state index < -0.39 is 5.97 Å². The SMILES string of the molecule is CC(C)N(CC(=O)O)Cc1ccc(Br)c(Cl)c1. The van der Waals surface area contributed by atoms with E-state index in [1.165, 1.54) is 0 Å². The van der Waals surface area contributed by atoms with Crippen molar-refractivity contribution < 1.29 is 9.90 Å². The van der Waals surface area contributed by atoms with E-state index in [1.54, 1.807) is 0 Å². The molecule has 0 saturated heterocycles. The lowest BCUT2D eigenvalue weighted by atomic mass is 10.2. The van der Waals surface area contributed by atoms with E-state index in [2.05, 4.69) is 15.9 Å². The molecule has 5 heteroatoms. The normalized spacial score (nSPS) is 11.2. The Morgan fingerprint density at radius 1 is 1.53 bits per heavy atom. The minimum Gasteiger partial charge on any atom is -0.480 e. The van der Waals surface area contributed by atoms with Gasteiger partial charge in [-0.2, -0.15) is 0 Å². The molecule has 0 amide bonds. The number of hydrogen-bond acceptors (Lipinski definition) is 2. The zero-order valence-electron chi connectivity index (χ0n) is 9.78. The lowest BCUT2D eigenvalue weighted by Gasteiger charge is -2.24. The molecule has 1 N–H and O–H groups in total. The number of carboxylic acids is 1. The molecule has 0 aliphatic carbocycles. The summed E-state index contributed by atoms with van der Waals surface area (Å²) in [6.45, 7) is 4.56. The Morgan fingerprint density at radius 2 is 2.18 bits per heavy atom. The molecule has 0 radical (unpaired) electrons. The number of aliphatic carboxylic acids is 1. The molecule has 1 aromatic carbocycles. The molecular weight excluding hydrogens is 305 g/mol. The topological polar surface area (TPSA) is 40.5 Å². The summed E-state index contributed by atoms with van der Waals surface area (Å²) in [6, 6.07) is 5.83. The van der Waals surface area contributed by atoms with Crippen molar-refractivity contribution in [2.24, 2.45) is 0 Å². The molecule has 0 bridgehead atoms. The zero-order chi connectivity index (χ0) is 13.0. The summed E-state index contributed by atoms with van der Waals surface area (Å²) in [4.78, 5) is 12.6. The van der Waals surface area contributed by atoms with Gasteiger partial charge in [0.15, 0.2) is 0 Å². The Kier molecular flexibility index (Phi) is 5.43. The van der Waals surface area contributed by atoms with Crippen LogP contribution in [0.5, 0.6) is 0 Å². The van der Waals surface area contributed by atoms with Crippen LogP contribution >= 0.6 is 27.5 Å². The second kappa shape index (κ2) is 6.38. The van der Waals surface area contributed by atoms with Crippen LogP contribution < -0.4 is 0 Å². The van der Waals surface area contributed by atoms with Gasteiger partial charge in [-0.25, -0.2) is 0 Å². The van der Waals surface area contributed by atoms with Crippen LogP contribution in [0.3, 0.4) is 0 Å². The maximum absolute atomic E-state index is 10.8. The molecule has 0 aliphatic heterocycles. The largest absolute Gasteiger partial charge is 0.480 e. The van der Waals surface area contributed by atoms with Gasteiger partial charge in [-0.15, -0.1) is 0 Å². The van der Waals surface area contributed by atoms with E-state index in [1.807, 2.05) is 36.9 Å². The zero-order valence-corrected chi connectivity index (χ0v) is 12.1. The molecule has 0 atom stereocenters. The first-order chi connectivity index (χ1) is 7.90. The Hall–Kier alpha value is -0.580. The third-order valence-corrected chi connectivity index (χ3v) is 3.67. The number of rotatable bonds is 5. The average Bonchev–Trinajstić information content (AvgIpc) is 2.21. The standard InChI is InChI=1S/C12H15BrClNO2/c1-8(2)15(7-12(16)17)6-9-3-4-10(13)11(14)5-9/h3-5,8H,6-7H2,1-2H3,(H,16,17). The fourth-order valence-electron chi connectivity index (χ4n) is 1.47. The van der Waals surface area contributed by atoms with Crippen LogP contribution in [0, 0.1) is 0 Å². The van der Waals surface area contributed by atoms with Gasteiger partial charge in [0.2, 0.25) is 0 Å². The molecule has 0 unspecified atom stereocenters. The first-order valence-electron chi connectivity index (χ1n) is 5.30.